The standard InChI is InChI=1S/C46H27N3/c47-28-29-19-23-42-39(25-29)40-27-32(21-24-43(40)49(42)33-13-5-2-6-14-33)31-20-22-36-38(26-31)34-15-7-8-16-35(34)44-37-17-9-10-18-41(37)48-46(45(36)44)30-11-3-1-4-12-30/h1-27H. The molecule has 0 N–H and O–H groups in total. The summed E-state index contributed by atoms with van der Waals surface area (Å²) < 4.78 is 2.29. The largest absolute Gasteiger partial charge is 0.309 e. The Morgan fingerprint density at radius 2 is 1.02 bits per heavy atom. The smallest absolute Gasteiger partial charge is 0.0991 e. The molecule has 0 aliphatic rings. The summed E-state index contributed by atoms with van der Waals surface area (Å²) in [7, 11) is 0. The van der Waals surface area contributed by atoms with E-state index < -0.39 is 0 Å². The van der Waals surface area contributed by atoms with Gasteiger partial charge in [0.2, 0.25) is 0 Å². The zero-order chi connectivity index (χ0) is 32.5. The van der Waals surface area contributed by atoms with Crippen LogP contribution in [0, 0.1) is 11.3 Å². The van der Waals surface area contributed by atoms with Gasteiger partial charge < -0.3 is 4.57 Å². The number of nitriles is 1. The number of nitrogens with zero attached hydrogens (tertiary/aromatic N) is 3. The lowest BCUT2D eigenvalue weighted by Crippen LogP contribution is -1.93. The van der Waals surface area contributed by atoms with Crippen molar-refractivity contribution in [3.8, 4) is 34.1 Å². The highest BCUT2D eigenvalue weighted by atomic mass is 15.0. The van der Waals surface area contributed by atoms with Crippen molar-refractivity contribution in [2.75, 3.05) is 0 Å². The van der Waals surface area contributed by atoms with Gasteiger partial charge in [-0.1, -0.05) is 109 Å². The molecule has 0 atom stereocenters. The number of aromatic nitrogens is 2. The minimum atomic E-state index is 0.657. The van der Waals surface area contributed by atoms with Crippen LogP contribution in [-0.2, 0) is 0 Å². The van der Waals surface area contributed by atoms with Crippen LogP contribution < -0.4 is 0 Å². The summed E-state index contributed by atoms with van der Waals surface area (Å²) in [5, 5.41) is 20.4. The topological polar surface area (TPSA) is 41.6 Å². The lowest BCUT2D eigenvalue weighted by molar-refractivity contribution is 1.18. The van der Waals surface area contributed by atoms with Gasteiger partial charge in [0.05, 0.1) is 33.9 Å². The van der Waals surface area contributed by atoms with Crippen LogP contribution in [0.2, 0.25) is 0 Å². The van der Waals surface area contributed by atoms with Gasteiger partial charge in [0, 0.05) is 38.2 Å². The van der Waals surface area contributed by atoms with Crippen molar-refractivity contribution in [1.82, 2.24) is 9.55 Å². The molecule has 0 aliphatic heterocycles. The number of hydrogen-bond donors (Lipinski definition) is 0. The monoisotopic (exact) mass is 621 g/mol. The Bertz CT molecular complexity index is 2990. The van der Waals surface area contributed by atoms with E-state index in [9.17, 15) is 5.26 Å². The first-order chi connectivity index (χ1) is 24.3. The molecule has 226 valence electrons. The molecular formula is C46H27N3. The molecule has 2 aromatic heterocycles. The summed E-state index contributed by atoms with van der Waals surface area (Å²) in [6.45, 7) is 0. The van der Waals surface area contributed by atoms with Gasteiger partial charge in [0.25, 0.3) is 0 Å². The van der Waals surface area contributed by atoms with Crippen molar-refractivity contribution >= 4 is 65.0 Å². The summed E-state index contributed by atoms with van der Waals surface area (Å²) in [6.07, 6.45) is 0. The van der Waals surface area contributed by atoms with Crippen molar-refractivity contribution in [2.45, 2.75) is 0 Å². The van der Waals surface area contributed by atoms with Crippen molar-refractivity contribution in [3.63, 3.8) is 0 Å². The molecule has 8 aromatic carbocycles. The maximum absolute atomic E-state index is 9.78. The van der Waals surface area contributed by atoms with Gasteiger partial charge in [0.1, 0.15) is 0 Å². The average Bonchev–Trinajstić information content (AvgIpc) is 3.50. The second kappa shape index (κ2) is 10.6. The normalized spacial score (nSPS) is 11.7. The van der Waals surface area contributed by atoms with Gasteiger partial charge in [0.15, 0.2) is 0 Å². The van der Waals surface area contributed by atoms with Crippen LogP contribution >= 0.6 is 0 Å². The summed E-state index contributed by atoms with van der Waals surface area (Å²) in [5.41, 5.74) is 9.33. The summed E-state index contributed by atoms with van der Waals surface area (Å²) in [5.74, 6) is 0. The van der Waals surface area contributed by atoms with E-state index in [1.807, 2.05) is 18.2 Å². The highest BCUT2D eigenvalue weighted by Crippen LogP contribution is 2.44. The summed E-state index contributed by atoms with van der Waals surface area (Å²) in [4.78, 5) is 5.29. The Labute approximate surface area is 282 Å². The highest BCUT2D eigenvalue weighted by Gasteiger charge is 2.19. The van der Waals surface area contributed by atoms with E-state index in [-0.39, 0.29) is 0 Å². The second-order valence-electron chi connectivity index (χ2n) is 12.6. The van der Waals surface area contributed by atoms with E-state index in [0.717, 1.165) is 60.8 Å². The Balaban J connectivity index is 1.28. The Morgan fingerprint density at radius 1 is 0.429 bits per heavy atom. The second-order valence-corrected chi connectivity index (χ2v) is 12.6. The fourth-order valence-electron chi connectivity index (χ4n) is 7.79. The molecule has 0 amide bonds. The maximum Gasteiger partial charge on any atom is 0.0991 e. The Hall–Kier alpha value is -6.76. The number of rotatable bonds is 3. The third-order valence-electron chi connectivity index (χ3n) is 9.96. The molecule has 0 spiro atoms. The molecule has 0 bridgehead atoms. The summed E-state index contributed by atoms with van der Waals surface area (Å²) >= 11 is 0. The number of hydrogen-bond acceptors (Lipinski definition) is 2. The molecule has 0 radical (unpaired) electrons. The predicted octanol–water partition coefficient (Wildman–Crippen LogP) is 12.0. The third kappa shape index (κ3) is 4.11. The Morgan fingerprint density at radius 3 is 1.80 bits per heavy atom. The first kappa shape index (κ1) is 27.4. The number of fused-ring (bicyclic) bond motifs is 11. The quantitative estimate of drug-likeness (QED) is 0.184. The summed E-state index contributed by atoms with van der Waals surface area (Å²) in [6, 6.07) is 60.2. The van der Waals surface area contributed by atoms with E-state index in [4.69, 9.17) is 4.98 Å². The zero-order valence-electron chi connectivity index (χ0n) is 26.4. The lowest BCUT2D eigenvalue weighted by atomic mass is 9.88. The number of benzene rings is 8. The molecule has 10 rings (SSSR count). The maximum atomic E-state index is 9.78. The van der Waals surface area contributed by atoms with E-state index in [0.29, 0.717) is 5.56 Å². The molecule has 0 saturated heterocycles. The van der Waals surface area contributed by atoms with Gasteiger partial charge in [-0.3, -0.25) is 0 Å². The third-order valence-corrected chi connectivity index (χ3v) is 9.96. The van der Waals surface area contributed by atoms with E-state index in [1.54, 1.807) is 0 Å². The highest BCUT2D eigenvalue weighted by molar-refractivity contribution is 6.33. The van der Waals surface area contributed by atoms with Gasteiger partial charge in [-0.2, -0.15) is 5.26 Å². The molecule has 49 heavy (non-hydrogen) atoms. The molecular weight excluding hydrogens is 595 g/mol. The number of para-hydroxylation sites is 2. The first-order valence-corrected chi connectivity index (χ1v) is 16.5. The van der Waals surface area contributed by atoms with E-state index >= 15 is 0 Å². The lowest BCUT2D eigenvalue weighted by Gasteiger charge is -2.17. The van der Waals surface area contributed by atoms with E-state index in [1.165, 1.54) is 32.3 Å². The van der Waals surface area contributed by atoms with Gasteiger partial charge >= 0.3 is 0 Å². The van der Waals surface area contributed by atoms with E-state index in [2.05, 4.69) is 156 Å². The zero-order valence-corrected chi connectivity index (χ0v) is 26.4. The van der Waals surface area contributed by atoms with Gasteiger partial charge in [-0.15, -0.1) is 0 Å². The van der Waals surface area contributed by atoms with Crippen LogP contribution in [0.15, 0.2) is 164 Å². The molecule has 0 fully saturated rings. The number of pyridine rings is 1. The first-order valence-electron chi connectivity index (χ1n) is 16.5. The molecule has 3 nitrogen and oxygen atoms in total. The molecule has 3 heteroatoms. The SMILES string of the molecule is N#Cc1ccc2c(c1)c1cc(-c3ccc4c(c3)c3ccccc3c3c5ccccc5nc(-c5ccccc5)c43)ccc1n2-c1ccccc1. The van der Waals surface area contributed by atoms with Crippen molar-refractivity contribution < 1.29 is 0 Å². The van der Waals surface area contributed by atoms with Crippen LogP contribution in [-0.4, -0.2) is 9.55 Å². The van der Waals surface area contributed by atoms with Crippen LogP contribution in [0.25, 0.3) is 93.1 Å². The molecule has 10 aromatic rings. The van der Waals surface area contributed by atoms with Crippen molar-refractivity contribution in [2.24, 2.45) is 0 Å². The van der Waals surface area contributed by atoms with Crippen LogP contribution in [0.3, 0.4) is 0 Å². The molecule has 2 heterocycles. The van der Waals surface area contributed by atoms with Crippen LogP contribution in [0.4, 0.5) is 0 Å². The minimum absolute atomic E-state index is 0.657. The average molecular weight is 622 g/mol. The van der Waals surface area contributed by atoms with Gasteiger partial charge in [-0.25, -0.2) is 4.98 Å². The minimum Gasteiger partial charge on any atom is -0.309 e. The van der Waals surface area contributed by atoms with Crippen molar-refractivity contribution in [1.29, 1.82) is 5.26 Å². The van der Waals surface area contributed by atoms with Gasteiger partial charge in [-0.05, 0) is 87.3 Å². The van der Waals surface area contributed by atoms with Crippen molar-refractivity contribution in [3.05, 3.63) is 169 Å². The molecule has 0 unspecified atom stereocenters. The fourth-order valence-corrected chi connectivity index (χ4v) is 7.79. The Kier molecular flexibility index (Phi) is 5.94. The van der Waals surface area contributed by atoms with Crippen LogP contribution in [0.1, 0.15) is 5.56 Å². The molecule has 0 saturated carbocycles. The predicted molar refractivity (Wildman–Crippen MR) is 204 cm³/mol. The fraction of sp³-hybridized carbons (Fsp3) is 0. The molecule has 0 aliphatic carbocycles. The van der Waals surface area contributed by atoms with Crippen LogP contribution in [0.5, 0.6) is 0 Å².